The van der Waals surface area contributed by atoms with Gasteiger partial charge in [-0.05, 0) is 140 Å². The molecule has 0 amide bonds. The number of nitriles is 1. The molecule has 2 nitrogen and oxygen atoms in total. The van der Waals surface area contributed by atoms with Crippen LogP contribution in [0.1, 0.15) is 30.5 Å². The van der Waals surface area contributed by atoms with Crippen molar-refractivity contribution in [1.29, 1.82) is 5.26 Å². The fourth-order valence-electron chi connectivity index (χ4n) is 8.21. The summed E-state index contributed by atoms with van der Waals surface area (Å²) in [7, 11) is 0. The molecule has 3 heteroatoms. The summed E-state index contributed by atoms with van der Waals surface area (Å²) in [6.07, 6.45) is 0. The van der Waals surface area contributed by atoms with Crippen LogP contribution in [0, 0.1) is 11.3 Å². The van der Waals surface area contributed by atoms with Crippen molar-refractivity contribution in [2.24, 2.45) is 0 Å². The average Bonchev–Trinajstić information content (AvgIpc) is 3.66. The fraction of sp³-hybridized carbons (Fsp3) is 0.0625. The predicted octanol–water partition coefficient (Wildman–Crippen LogP) is 13.7. The number of benzene rings is 8. The van der Waals surface area contributed by atoms with Gasteiger partial charge in [0.1, 0.15) is 0 Å². The SMILES string of the molecule is CC1(C)c2cc(-c3ccc(N(c4ccccc4)c4ccc(C#N)cc4)cc3)cc3ccc4cc(-c5ccc6c(c5)sc5ccccc56)cc1c4c23. The summed E-state index contributed by atoms with van der Waals surface area (Å²) >= 11 is 1.88. The van der Waals surface area contributed by atoms with Gasteiger partial charge in [-0.2, -0.15) is 5.26 Å². The van der Waals surface area contributed by atoms with E-state index in [-0.39, 0.29) is 5.41 Å². The maximum absolute atomic E-state index is 9.37. The van der Waals surface area contributed by atoms with Crippen LogP contribution >= 0.6 is 11.3 Å². The summed E-state index contributed by atoms with van der Waals surface area (Å²) in [6, 6.07) is 59.2. The highest BCUT2D eigenvalue weighted by Crippen LogP contribution is 2.51. The van der Waals surface area contributed by atoms with E-state index in [1.807, 2.05) is 41.7 Å². The van der Waals surface area contributed by atoms with Gasteiger partial charge in [0.05, 0.1) is 11.6 Å². The summed E-state index contributed by atoms with van der Waals surface area (Å²) in [4.78, 5) is 2.23. The summed E-state index contributed by atoms with van der Waals surface area (Å²) < 4.78 is 2.67. The number of hydrogen-bond donors (Lipinski definition) is 0. The molecule has 51 heavy (non-hydrogen) atoms. The van der Waals surface area contributed by atoms with E-state index in [1.54, 1.807) is 0 Å². The van der Waals surface area contributed by atoms with E-state index in [2.05, 4.69) is 152 Å². The summed E-state index contributed by atoms with van der Waals surface area (Å²) in [5.74, 6) is 0. The maximum atomic E-state index is 9.37. The highest BCUT2D eigenvalue weighted by atomic mass is 32.1. The van der Waals surface area contributed by atoms with Crippen LogP contribution < -0.4 is 4.90 Å². The van der Waals surface area contributed by atoms with E-state index in [1.165, 1.54) is 75.1 Å². The zero-order chi connectivity index (χ0) is 34.3. The Hall–Kier alpha value is -6.21. The Morgan fingerprint density at radius 3 is 1.71 bits per heavy atom. The fourth-order valence-corrected chi connectivity index (χ4v) is 9.36. The first-order valence-corrected chi connectivity index (χ1v) is 18.2. The molecule has 1 aliphatic carbocycles. The van der Waals surface area contributed by atoms with Gasteiger partial charge >= 0.3 is 0 Å². The molecule has 0 saturated heterocycles. The molecule has 0 spiro atoms. The summed E-state index contributed by atoms with van der Waals surface area (Å²) in [5, 5.41) is 17.4. The zero-order valence-electron chi connectivity index (χ0n) is 28.3. The van der Waals surface area contributed by atoms with Gasteiger partial charge in [0.2, 0.25) is 0 Å². The number of rotatable bonds is 5. The van der Waals surface area contributed by atoms with Crippen LogP contribution in [0.2, 0.25) is 0 Å². The third kappa shape index (κ3) is 4.61. The van der Waals surface area contributed by atoms with Gasteiger partial charge in [-0.1, -0.05) is 86.6 Å². The summed E-state index contributed by atoms with van der Waals surface area (Å²) in [5.41, 5.74) is 11.4. The van der Waals surface area contributed by atoms with Crippen LogP contribution in [0.15, 0.2) is 158 Å². The van der Waals surface area contributed by atoms with Crippen molar-refractivity contribution in [3.63, 3.8) is 0 Å². The highest BCUT2D eigenvalue weighted by molar-refractivity contribution is 7.25. The number of hydrogen-bond acceptors (Lipinski definition) is 3. The zero-order valence-corrected chi connectivity index (χ0v) is 29.1. The van der Waals surface area contributed by atoms with Crippen LogP contribution in [-0.4, -0.2) is 0 Å². The largest absolute Gasteiger partial charge is 0.311 e. The molecule has 9 aromatic rings. The number of thiophene rings is 1. The first-order valence-electron chi connectivity index (χ1n) is 17.4. The third-order valence-electron chi connectivity index (χ3n) is 10.8. The van der Waals surface area contributed by atoms with Crippen LogP contribution in [0.4, 0.5) is 17.1 Å². The van der Waals surface area contributed by atoms with Crippen LogP contribution in [0.5, 0.6) is 0 Å². The average molecular weight is 669 g/mol. The molecule has 0 bridgehead atoms. The lowest BCUT2D eigenvalue weighted by molar-refractivity contribution is 0.663. The van der Waals surface area contributed by atoms with Crippen molar-refractivity contribution in [2.75, 3.05) is 4.90 Å². The molecule has 0 fully saturated rings. The first kappa shape index (κ1) is 29.7. The molecule has 1 heterocycles. The van der Waals surface area contributed by atoms with E-state index in [9.17, 15) is 5.26 Å². The van der Waals surface area contributed by atoms with Gasteiger partial charge in [-0.3, -0.25) is 0 Å². The van der Waals surface area contributed by atoms with E-state index >= 15 is 0 Å². The topological polar surface area (TPSA) is 27.0 Å². The second-order valence-electron chi connectivity index (χ2n) is 14.1. The van der Waals surface area contributed by atoms with Crippen LogP contribution in [-0.2, 0) is 5.41 Å². The van der Waals surface area contributed by atoms with Gasteiger partial charge in [-0.25, -0.2) is 0 Å². The van der Waals surface area contributed by atoms with Gasteiger partial charge in [0.25, 0.3) is 0 Å². The van der Waals surface area contributed by atoms with Gasteiger partial charge in [0.15, 0.2) is 0 Å². The molecule has 0 atom stereocenters. The van der Waals surface area contributed by atoms with Gasteiger partial charge in [-0.15, -0.1) is 11.3 Å². The number of anilines is 3. The number of fused-ring (bicyclic) bond motifs is 3. The molecule has 0 radical (unpaired) electrons. The molecular formula is C48H32N2S. The van der Waals surface area contributed by atoms with E-state index in [0.29, 0.717) is 5.56 Å². The van der Waals surface area contributed by atoms with Crippen molar-refractivity contribution in [3.05, 3.63) is 174 Å². The molecule has 0 unspecified atom stereocenters. The van der Waals surface area contributed by atoms with E-state index in [0.717, 1.165) is 17.1 Å². The predicted molar refractivity (Wildman–Crippen MR) is 217 cm³/mol. The molecule has 1 aromatic heterocycles. The second-order valence-corrected chi connectivity index (χ2v) is 15.2. The normalized spacial score (nSPS) is 13.0. The highest BCUT2D eigenvalue weighted by Gasteiger charge is 2.35. The minimum Gasteiger partial charge on any atom is -0.311 e. The van der Waals surface area contributed by atoms with Crippen LogP contribution in [0.25, 0.3) is 64.0 Å². The van der Waals surface area contributed by atoms with Crippen molar-refractivity contribution in [2.45, 2.75) is 19.3 Å². The lowest BCUT2D eigenvalue weighted by Gasteiger charge is -2.26. The second kappa shape index (κ2) is 11.2. The Kier molecular flexibility index (Phi) is 6.49. The standard InChI is InChI=1S/C48H32N2S/c1-48(2)42-26-35(31-16-21-39(22-17-31)50(37-8-4-3-5-9-37)38-19-12-30(29-49)13-20-38)24-33-14-15-34-25-36(27-43(48)47(34)46(33)42)32-18-23-41-40-10-6-7-11-44(40)51-45(41)28-32/h3-28H,1-2H3. The molecular weight excluding hydrogens is 637 g/mol. The van der Waals surface area contributed by atoms with E-state index in [4.69, 9.17) is 0 Å². The molecule has 0 N–H and O–H groups in total. The molecule has 8 aromatic carbocycles. The number of nitrogens with zero attached hydrogens (tertiary/aromatic N) is 2. The van der Waals surface area contributed by atoms with E-state index < -0.39 is 0 Å². The lowest BCUT2D eigenvalue weighted by Crippen LogP contribution is -2.15. The molecule has 1 aliphatic rings. The Balaban J connectivity index is 1.04. The Morgan fingerprint density at radius 2 is 1.04 bits per heavy atom. The van der Waals surface area contributed by atoms with Gasteiger partial charge < -0.3 is 4.90 Å². The summed E-state index contributed by atoms with van der Waals surface area (Å²) in [6.45, 7) is 4.77. The minimum atomic E-state index is -0.145. The Labute approximate surface area is 301 Å². The smallest absolute Gasteiger partial charge is 0.0991 e. The third-order valence-corrected chi connectivity index (χ3v) is 12.0. The van der Waals surface area contributed by atoms with Crippen molar-refractivity contribution >= 4 is 70.1 Å². The van der Waals surface area contributed by atoms with Crippen LogP contribution in [0.3, 0.4) is 0 Å². The first-order chi connectivity index (χ1) is 25.0. The lowest BCUT2D eigenvalue weighted by atomic mass is 9.80. The molecule has 0 aliphatic heterocycles. The van der Waals surface area contributed by atoms with Gasteiger partial charge in [0, 0.05) is 42.6 Å². The number of para-hydroxylation sites is 1. The molecule has 240 valence electrons. The monoisotopic (exact) mass is 668 g/mol. The molecule has 10 rings (SSSR count). The Bertz CT molecular complexity index is 2870. The minimum absolute atomic E-state index is 0.145. The Morgan fingerprint density at radius 1 is 0.490 bits per heavy atom. The quantitative estimate of drug-likeness (QED) is 0.171. The molecule has 0 saturated carbocycles. The van der Waals surface area contributed by atoms with Crippen molar-refractivity contribution < 1.29 is 0 Å². The van der Waals surface area contributed by atoms with Crippen molar-refractivity contribution in [3.8, 4) is 28.3 Å². The van der Waals surface area contributed by atoms with Crippen molar-refractivity contribution in [1.82, 2.24) is 0 Å². The maximum Gasteiger partial charge on any atom is 0.0991 e.